The average molecular weight is 925 g/mol. The van der Waals surface area contributed by atoms with Gasteiger partial charge in [0.05, 0.1) is 57.9 Å². The third-order valence-corrected chi connectivity index (χ3v) is 13.4. The number of alkyl halides is 3. The highest BCUT2D eigenvalue weighted by molar-refractivity contribution is 6.33. The molecule has 1 saturated carbocycles. The maximum Gasteiger partial charge on any atom is 0.417 e. The van der Waals surface area contributed by atoms with Crippen molar-refractivity contribution in [3.8, 4) is 11.5 Å². The zero-order valence-corrected chi connectivity index (χ0v) is 36.3. The third kappa shape index (κ3) is 7.24. The lowest BCUT2D eigenvalue weighted by atomic mass is 9.49. The Bertz CT molecular complexity index is 2820. The van der Waals surface area contributed by atoms with E-state index in [9.17, 15) is 27.9 Å². The van der Waals surface area contributed by atoms with Crippen molar-refractivity contribution >= 4 is 75.4 Å². The first-order valence-electron chi connectivity index (χ1n) is 20.4. The van der Waals surface area contributed by atoms with Crippen LogP contribution in [0.1, 0.15) is 35.4 Å². The monoisotopic (exact) mass is 923 g/mol. The molecule has 3 fully saturated rings. The van der Waals surface area contributed by atoms with Gasteiger partial charge in [0.15, 0.2) is 5.82 Å². The summed E-state index contributed by atoms with van der Waals surface area (Å²) in [5.74, 6) is -7.74. The molecule has 18 heteroatoms. The first-order valence-corrected chi connectivity index (χ1v) is 21.2. The van der Waals surface area contributed by atoms with E-state index in [0.717, 1.165) is 10.6 Å². The molecule has 2 aliphatic heterocycles. The maximum absolute atomic E-state index is 15.5. The molecular formula is C47H38Cl2F3N7O6. The van der Waals surface area contributed by atoms with E-state index in [-0.39, 0.29) is 30.2 Å². The van der Waals surface area contributed by atoms with Crippen LogP contribution in [0.3, 0.4) is 0 Å². The number of halogens is 5. The van der Waals surface area contributed by atoms with Gasteiger partial charge in [0.2, 0.25) is 11.8 Å². The predicted molar refractivity (Wildman–Crippen MR) is 235 cm³/mol. The number of nitrogens with zero attached hydrogens (tertiary/aromatic N) is 6. The molecule has 0 radical (unpaired) electrons. The van der Waals surface area contributed by atoms with Crippen LogP contribution >= 0.6 is 23.2 Å². The van der Waals surface area contributed by atoms with Crippen LogP contribution in [0.4, 0.5) is 41.7 Å². The minimum absolute atomic E-state index is 0.0921. The number of anilines is 3. The number of carbonyl (C=O) groups excluding carboxylic acids is 4. The Kier molecular flexibility index (Phi) is 10.9. The van der Waals surface area contributed by atoms with E-state index in [1.165, 1.54) is 19.2 Å². The number of aromatic hydroxyl groups is 1. The maximum atomic E-state index is 15.5. The number of nitrogens with one attached hydrogen (secondary N) is 1. The smallest absolute Gasteiger partial charge is 0.417 e. The summed E-state index contributed by atoms with van der Waals surface area (Å²) in [6.45, 7) is 0. The van der Waals surface area contributed by atoms with Gasteiger partial charge in [0, 0.05) is 48.5 Å². The summed E-state index contributed by atoms with van der Waals surface area (Å²) < 4.78 is 46.6. The number of carbonyl (C=O) groups is 4. The number of phenolic OH excluding ortho intramolecular Hbond substituents is 1. The first kappa shape index (κ1) is 43.5. The SMILES string of the molecule is COc1cc(O)ccc1[C@H]1C2=CC[C@@H]3C(=O)N(c4ccc(N=Nc5ccc(N(C)C)cc5)cc4)C(=O)[C@@H]3[C@@H]2C[C@H]2C(=O)N(Nc3ncc(C(F)(F)F)cc3Cl)C(=O)[C@@]12c1ccc(Cl)cc1. The van der Waals surface area contributed by atoms with E-state index >= 15 is 9.59 Å². The molecule has 4 aromatic carbocycles. The minimum atomic E-state index is -4.77. The highest BCUT2D eigenvalue weighted by atomic mass is 35.5. The molecule has 332 valence electrons. The Morgan fingerprint density at radius 1 is 0.862 bits per heavy atom. The Labute approximate surface area is 380 Å². The number of ether oxygens (including phenoxy) is 1. The molecule has 3 heterocycles. The van der Waals surface area contributed by atoms with E-state index in [1.54, 1.807) is 54.6 Å². The standard InChI is InChI=1S/C47H38Cl2F3N7O6/c1-57(2)29-12-8-27(9-13-29)54-55-28-10-14-30(15-11-28)58-42(61)34-19-18-32-35(39(34)44(58)63)22-36-43(62)59(56-41-37(49)20-25(23-53-41)47(50,51)52)45(64)46(36,24-4-6-26(48)7-5-24)40(32)33-17-16-31(60)21-38(33)65-3/h4-18,20-21,23,34-36,39-40,60H,19,22H2,1-3H3,(H,53,56)/t34-,35+,36-,39-,40+,46+/m0/s1. The minimum Gasteiger partial charge on any atom is -0.508 e. The number of rotatable bonds is 9. The van der Waals surface area contributed by atoms with E-state index in [4.69, 9.17) is 27.9 Å². The summed E-state index contributed by atoms with van der Waals surface area (Å²) in [7, 11) is 5.25. The number of hydrazine groups is 1. The Morgan fingerprint density at radius 3 is 2.14 bits per heavy atom. The second kappa shape index (κ2) is 16.3. The van der Waals surface area contributed by atoms with Gasteiger partial charge in [-0.15, -0.1) is 0 Å². The van der Waals surface area contributed by atoms with Gasteiger partial charge in [-0.1, -0.05) is 53.1 Å². The molecule has 2 N–H and O–H groups in total. The van der Waals surface area contributed by atoms with Gasteiger partial charge < -0.3 is 14.7 Å². The molecule has 5 aromatic rings. The summed E-state index contributed by atoms with van der Waals surface area (Å²) in [6.07, 6.45) is -2.37. The van der Waals surface area contributed by atoms with Crippen molar-refractivity contribution in [2.75, 3.05) is 36.4 Å². The molecule has 0 unspecified atom stereocenters. The number of hydrogen-bond donors (Lipinski definition) is 2. The lowest BCUT2D eigenvalue weighted by Gasteiger charge is -2.50. The number of methoxy groups -OCH3 is 1. The molecule has 0 spiro atoms. The number of azo groups is 1. The largest absolute Gasteiger partial charge is 0.508 e. The van der Waals surface area contributed by atoms with E-state index in [1.807, 2.05) is 49.3 Å². The average Bonchev–Trinajstić information content (AvgIpc) is 3.66. The molecule has 4 amide bonds. The molecule has 2 aliphatic carbocycles. The van der Waals surface area contributed by atoms with Gasteiger partial charge in [-0.05, 0) is 97.1 Å². The van der Waals surface area contributed by atoms with Crippen molar-refractivity contribution in [2.24, 2.45) is 33.9 Å². The van der Waals surface area contributed by atoms with E-state index in [0.29, 0.717) is 56.1 Å². The summed E-state index contributed by atoms with van der Waals surface area (Å²) in [4.78, 5) is 66.7. The zero-order valence-electron chi connectivity index (χ0n) is 34.8. The molecule has 9 rings (SSSR count). The molecular weight excluding hydrogens is 886 g/mol. The number of pyridine rings is 1. The highest BCUT2D eigenvalue weighted by Crippen LogP contribution is 2.65. The van der Waals surface area contributed by atoms with Crippen LogP contribution < -0.4 is 20.0 Å². The number of phenols is 1. The number of aromatic nitrogens is 1. The number of amides is 4. The fourth-order valence-electron chi connectivity index (χ4n) is 9.92. The second-order valence-corrected chi connectivity index (χ2v) is 17.3. The van der Waals surface area contributed by atoms with Crippen molar-refractivity contribution < 1.29 is 42.2 Å². The second-order valence-electron chi connectivity index (χ2n) is 16.5. The Balaban J connectivity index is 1.12. The molecule has 65 heavy (non-hydrogen) atoms. The summed E-state index contributed by atoms with van der Waals surface area (Å²) in [6, 6.07) is 25.4. The van der Waals surface area contributed by atoms with Crippen LogP contribution in [-0.4, -0.2) is 59.9 Å². The summed E-state index contributed by atoms with van der Waals surface area (Å²) >= 11 is 12.7. The molecule has 6 atom stereocenters. The number of fused-ring (bicyclic) bond motifs is 4. The number of imide groups is 2. The first-order chi connectivity index (χ1) is 31.0. The summed E-state index contributed by atoms with van der Waals surface area (Å²) in [5, 5.41) is 19.8. The molecule has 4 aliphatic rings. The van der Waals surface area contributed by atoms with Gasteiger partial charge in [-0.2, -0.15) is 28.4 Å². The van der Waals surface area contributed by atoms with Gasteiger partial charge in [0.1, 0.15) is 11.5 Å². The Hall–Kier alpha value is -6.78. The van der Waals surface area contributed by atoms with E-state index < -0.39 is 75.4 Å². The number of allylic oxidation sites excluding steroid dienone is 2. The van der Waals surface area contributed by atoms with Crippen LogP contribution in [0, 0.1) is 23.7 Å². The zero-order chi connectivity index (χ0) is 46.1. The van der Waals surface area contributed by atoms with Gasteiger partial charge in [0.25, 0.3) is 11.8 Å². The molecule has 1 aromatic heterocycles. The van der Waals surface area contributed by atoms with Crippen molar-refractivity contribution in [1.29, 1.82) is 0 Å². The van der Waals surface area contributed by atoms with Crippen LogP contribution in [0.15, 0.2) is 125 Å². The third-order valence-electron chi connectivity index (χ3n) is 12.8. The van der Waals surface area contributed by atoms with Gasteiger partial charge in [-0.25, -0.2) is 4.98 Å². The number of benzene rings is 4. The normalized spacial score (nSPS) is 23.9. The fraction of sp³-hybridized carbons (Fsp3) is 0.255. The lowest BCUT2D eigenvalue weighted by Crippen LogP contribution is -2.53. The predicted octanol–water partition coefficient (Wildman–Crippen LogP) is 9.79. The quantitative estimate of drug-likeness (QED) is 0.0835. The van der Waals surface area contributed by atoms with Crippen LogP contribution in [-0.2, 0) is 30.8 Å². The van der Waals surface area contributed by atoms with Crippen molar-refractivity contribution in [1.82, 2.24) is 9.99 Å². The fourth-order valence-corrected chi connectivity index (χ4v) is 10.3. The lowest BCUT2D eigenvalue weighted by molar-refractivity contribution is -0.139. The van der Waals surface area contributed by atoms with E-state index in [2.05, 4.69) is 20.6 Å². The van der Waals surface area contributed by atoms with Gasteiger partial charge >= 0.3 is 6.18 Å². The van der Waals surface area contributed by atoms with Crippen LogP contribution in [0.2, 0.25) is 10.0 Å². The topological polar surface area (TPSA) is 157 Å². The highest BCUT2D eigenvalue weighted by Gasteiger charge is 2.71. The van der Waals surface area contributed by atoms with Crippen molar-refractivity contribution in [3.63, 3.8) is 0 Å². The van der Waals surface area contributed by atoms with Crippen molar-refractivity contribution in [3.05, 3.63) is 142 Å². The van der Waals surface area contributed by atoms with Crippen LogP contribution in [0.25, 0.3) is 0 Å². The Morgan fingerprint density at radius 2 is 1.52 bits per heavy atom. The molecule has 13 nitrogen and oxygen atoms in total. The van der Waals surface area contributed by atoms with Crippen LogP contribution in [0.5, 0.6) is 11.5 Å². The number of hydrogen-bond acceptors (Lipinski definition) is 11. The summed E-state index contributed by atoms with van der Waals surface area (Å²) in [5.41, 5.74) is 3.45. The molecule has 2 saturated heterocycles. The molecule has 0 bridgehead atoms. The van der Waals surface area contributed by atoms with Crippen molar-refractivity contribution in [2.45, 2.75) is 30.4 Å². The van der Waals surface area contributed by atoms with Gasteiger partial charge in [-0.3, -0.25) is 29.5 Å².